The van der Waals surface area contributed by atoms with E-state index < -0.39 is 17.7 Å². The largest absolute Gasteiger partial charge is 0.479 e. The second-order valence-corrected chi connectivity index (χ2v) is 6.14. The number of carbonyl (C=O) groups excluding carboxylic acids is 1. The van der Waals surface area contributed by atoms with Crippen molar-refractivity contribution in [2.75, 3.05) is 13.2 Å². The molecule has 116 valence electrons. The van der Waals surface area contributed by atoms with E-state index in [4.69, 9.17) is 14.6 Å². The van der Waals surface area contributed by atoms with Gasteiger partial charge < -0.3 is 19.5 Å². The highest BCUT2D eigenvalue weighted by Gasteiger charge is 2.31. The molecule has 0 aromatic carbocycles. The fourth-order valence-electron chi connectivity index (χ4n) is 2.06. The molecule has 0 aliphatic carbocycles. The molecule has 6 nitrogen and oxygen atoms in total. The van der Waals surface area contributed by atoms with Gasteiger partial charge in [0, 0.05) is 6.54 Å². The van der Waals surface area contributed by atoms with E-state index in [1.807, 2.05) is 20.8 Å². The van der Waals surface area contributed by atoms with Crippen LogP contribution in [-0.2, 0) is 14.3 Å². The van der Waals surface area contributed by atoms with Crippen LogP contribution in [0.15, 0.2) is 0 Å². The molecule has 2 atom stereocenters. The Balaban J connectivity index is 2.58. The Morgan fingerprint density at radius 3 is 2.55 bits per heavy atom. The lowest BCUT2D eigenvalue weighted by Gasteiger charge is -2.36. The minimum absolute atomic E-state index is 0.111. The molecule has 1 rings (SSSR count). The van der Waals surface area contributed by atoms with Gasteiger partial charge in [0.25, 0.3) is 0 Å². The number of likely N-dealkylation sites (tertiary alicyclic amines) is 1. The van der Waals surface area contributed by atoms with E-state index in [0.717, 1.165) is 19.3 Å². The van der Waals surface area contributed by atoms with Gasteiger partial charge in [0.15, 0.2) is 6.10 Å². The number of hydrogen-bond donors (Lipinski definition) is 1. The van der Waals surface area contributed by atoms with Crippen LogP contribution >= 0.6 is 0 Å². The van der Waals surface area contributed by atoms with E-state index in [9.17, 15) is 9.59 Å². The van der Waals surface area contributed by atoms with Crippen LogP contribution in [0.1, 0.15) is 47.0 Å². The molecule has 20 heavy (non-hydrogen) atoms. The number of piperidine rings is 1. The summed E-state index contributed by atoms with van der Waals surface area (Å²) in [7, 11) is 0. The Kier molecular flexibility index (Phi) is 5.80. The molecule has 1 fully saturated rings. The molecule has 1 amide bonds. The molecule has 0 aromatic heterocycles. The molecule has 0 radical (unpaired) electrons. The molecule has 1 heterocycles. The summed E-state index contributed by atoms with van der Waals surface area (Å²) in [6, 6.07) is -0.111. The Morgan fingerprint density at radius 2 is 2.00 bits per heavy atom. The van der Waals surface area contributed by atoms with Gasteiger partial charge in [-0.15, -0.1) is 0 Å². The number of ether oxygens (including phenoxy) is 2. The molecule has 1 aliphatic rings. The lowest BCUT2D eigenvalue weighted by atomic mass is 10.0. The Bertz CT molecular complexity index is 350. The molecule has 2 unspecified atom stereocenters. The van der Waals surface area contributed by atoms with Crippen molar-refractivity contribution in [2.24, 2.45) is 0 Å². The third kappa shape index (κ3) is 5.36. The van der Waals surface area contributed by atoms with Gasteiger partial charge in [-0.05, 0) is 47.0 Å². The highest BCUT2D eigenvalue weighted by atomic mass is 16.6. The minimum Gasteiger partial charge on any atom is -0.479 e. The van der Waals surface area contributed by atoms with Crippen LogP contribution in [0.25, 0.3) is 0 Å². The summed E-state index contributed by atoms with van der Waals surface area (Å²) in [5.41, 5.74) is -0.533. The third-order valence-corrected chi connectivity index (χ3v) is 3.14. The topological polar surface area (TPSA) is 76.1 Å². The van der Waals surface area contributed by atoms with Gasteiger partial charge in [-0.1, -0.05) is 0 Å². The highest BCUT2D eigenvalue weighted by molar-refractivity contribution is 5.71. The summed E-state index contributed by atoms with van der Waals surface area (Å²) in [5, 5.41) is 8.81. The van der Waals surface area contributed by atoms with Gasteiger partial charge in [0.2, 0.25) is 0 Å². The molecule has 0 bridgehead atoms. The number of amides is 1. The summed E-state index contributed by atoms with van der Waals surface area (Å²) in [5.74, 6) is -0.996. The summed E-state index contributed by atoms with van der Waals surface area (Å²) in [6.07, 6.45) is 1.54. The fourth-order valence-corrected chi connectivity index (χ4v) is 2.06. The van der Waals surface area contributed by atoms with Gasteiger partial charge in [-0.2, -0.15) is 0 Å². The van der Waals surface area contributed by atoms with Crippen molar-refractivity contribution >= 4 is 12.1 Å². The van der Waals surface area contributed by atoms with Crippen LogP contribution in [0.3, 0.4) is 0 Å². The first kappa shape index (κ1) is 16.8. The summed E-state index contributed by atoms with van der Waals surface area (Å²) in [4.78, 5) is 24.5. The predicted octanol–water partition coefficient (Wildman–Crippen LogP) is 2.27. The molecule has 1 N–H and O–H groups in total. The van der Waals surface area contributed by atoms with Crippen molar-refractivity contribution in [3.63, 3.8) is 0 Å². The van der Waals surface area contributed by atoms with Gasteiger partial charge in [0.05, 0.1) is 12.6 Å². The Morgan fingerprint density at radius 1 is 1.35 bits per heavy atom. The SMILES string of the molecule is CC(OCC1CCCCN1C(=O)OC(C)(C)C)C(=O)O. The molecule has 0 spiro atoms. The Hall–Kier alpha value is -1.30. The zero-order valence-electron chi connectivity index (χ0n) is 12.7. The maximum Gasteiger partial charge on any atom is 0.410 e. The van der Waals surface area contributed by atoms with Crippen LogP contribution in [0, 0.1) is 0 Å². The average molecular weight is 287 g/mol. The van der Waals surface area contributed by atoms with E-state index in [-0.39, 0.29) is 18.7 Å². The maximum absolute atomic E-state index is 12.1. The van der Waals surface area contributed by atoms with E-state index in [1.54, 1.807) is 4.90 Å². The second kappa shape index (κ2) is 6.92. The first-order valence-corrected chi connectivity index (χ1v) is 7.05. The van der Waals surface area contributed by atoms with Gasteiger partial charge in [-0.25, -0.2) is 9.59 Å². The van der Waals surface area contributed by atoms with Gasteiger partial charge in [0.1, 0.15) is 5.60 Å². The van der Waals surface area contributed by atoms with Crippen LogP contribution in [0.2, 0.25) is 0 Å². The summed E-state index contributed by atoms with van der Waals surface area (Å²) in [6.45, 7) is 7.83. The lowest BCUT2D eigenvalue weighted by molar-refractivity contribution is -0.150. The number of carbonyl (C=O) groups is 2. The molecule has 6 heteroatoms. The lowest BCUT2D eigenvalue weighted by Crippen LogP contribution is -2.48. The van der Waals surface area contributed by atoms with Crippen molar-refractivity contribution in [3.8, 4) is 0 Å². The van der Waals surface area contributed by atoms with Crippen molar-refractivity contribution in [1.29, 1.82) is 0 Å². The van der Waals surface area contributed by atoms with Crippen molar-refractivity contribution in [3.05, 3.63) is 0 Å². The number of hydrogen-bond acceptors (Lipinski definition) is 4. The summed E-state index contributed by atoms with van der Waals surface area (Å²) < 4.78 is 10.7. The van der Waals surface area contributed by atoms with Gasteiger partial charge in [-0.3, -0.25) is 0 Å². The van der Waals surface area contributed by atoms with Crippen LogP contribution < -0.4 is 0 Å². The molecule has 1 aliphatic heterocycles. The Labute approximate surface area is 120 Å². The van der Waals surface area contributed by atoms with E-state index >= 15 is 0 Å². The molecule has 0 saturated carbocycles. The number of carboxylic acids is 1. The van der Waals surface area contributed by atoms with Crippen LogP contribution in [0.4, 0.5) is 4.79 Å². The zero-order chi connectivity index (χ0) is 15.3. The first-order valence-electron chi connectivity index (χ1n) is 7.05. The summed E-state index contributed by atoms with van der Waals surface area (Å²) >= 11 is 0. The monoisotopic (exact) mass is 287 g/mol. The number of carboxylic acid groups (broad SMARTS) is 1. The van der Waals surface area contributed by atoms with Gasteiger partial charge >= 0.3 is 12.1 Å². The normalized spacial score (nSPS) is 21.4. The van der Waals surface area contributed by atoms with Crippen molar-refractivity contribution in [2.45, 2.75) is 64.7 Å². The minimum atomic E-state index is -0.996. The molecular weight excluding hydrogens is 262 g/mol. The van der Waals surface area contributed by atoms with Crippen molar-refractivity contribution < 1.29 is 24.2 Å². The second-order valence-electron chi connectivity index (χ2n) is 6.14. The van der Waals surface area contributed by atoms with Crippen molar-refractivity contribution in [1.82, 2.24) is 4.90 Å². The standard InChI is InChI=1S/C14H25NO5/c1-10(12(16)17)19-9-11-7-5-6-8-15(11)13(18)20-14(2,3)4/h10-11H,5-9H2,1-4H3,(H,16,17). The maximum atomic E-state index is 12.1. The number of nitrogens with zero attached hydrogens (tertiary/aromatic N) is 1. The quantitative estimate of drug-likeness (QED) is 0.858. The zero-order valence-corrected chi connectivity index (χ0v) is 12.7. The molecule has 1 saturated heterocycles. The predicted molar refractivity (Wildman–Crippen MR) is 73.6 cm³/mol. The smallest absolute Gasteiger partial charge is 0.410 e. The number of aliphatic carboxylic acids is 1. The third-order valence-electron chi connectivity index (χ3n) is 3.14. The molecular formula is C14H25NO5. The highest BCUT2D eigenvalue weighted by Crippen LogP contribution is 2.21. The first-order chi connectivity index (χ1) is 9.20. The number of rotatable bonds is 4. The van der Waals surface area contributed by atoms with Crippen LogP contribution in [-0.4, -0.2) is 53.0 Å². The van der Waals surface area contributed by atoms with Crippen LogP contribution in [0.5, 0.6) is 0 Å². The van der Waals surface area contributed by atoms with E-state index in [2.05, 4.69) is 0 Å². The van der Waals surface area contributed by atoms with E-state index in [0.29, 0.717) is 6.54 Å². The molecule has 0 aromatic rings. The fraction of sp³-hybridized carbons (Fsp3) is 0.857. The van der Waals surface area contributed by atoms with E-state index in [1.165, 1.54) is 6.92 Å². The average Bonchev–Trinajstić information content (AvgIpc) is 2.34.